The van der Waals surface area contributed by atoms with Gasteiger partial charge in [0.05, 0.1) is 25.1 Å². The molecule has 1 unspecified atom stereocenters. The summed E-state index contributed by atoms with van der Waals surface area (Å²) in [6.45, 7) is 9.15. The number of aryl methyl sites for hydroxylation is 1. The Bertz CT molecular complexity index is 905. The summed E-state index contributed by atoms with van der Waals surface area (Å²) < 4.78 is 13.8. The molecule has 0 radical (unpaired) electrons. The summed E-state index contributed by atoms with van der Waals surface area (Å²) in [5.41, 5.74) is 4.56. The van der Waals surface area contributed by atoms with E-state index < -0.39 is 0 Å². The number of hydrogen-bond acceptors (Lipinski definition) is 5. The summed E-state index contributed by atoms with van der Waals surface area (Å²) in [4.78, 5) is 2.42. The minimum atomic E-state index is -0.00896. The van der Waals surface area contributed by atoms with Crippen molar-refractivity contribution in [3.8, 4) is 5.75 Å². The average molecular weight is 396 g/mol. The first-order valence-corrected chi connectivity index (χ1v) is 10.3. The molecule has 1 aliphatic heterocycles. The molecule has 3 aromatic rings. The number of rotatable bonds is 8. The normalized spacial score (nSPS) is 17.5. The molecule has 0 bridgehead atoms. The highest BCUT2D eigenvalue weighted by Gasteiger charge is 2.25. The number of aromatic amines is 1. The molecule has 154 valence electrons. The van der Waals surface area contributed by atoms with E-state index in [2.05, 4.69) is 40.1 Å². The molecular formula is C22H29N5O2. The molecule has 0 saturated carbocycles. The van der Waals surface area contributed by atoms with Gasteiger partial charge >= 0.3 is 0 Å². The fourth-order valence-corrected chi connectivity index (χ4v) is 3.69. The Morgan fingerprint density at radius 1 is 1.28 bits per heavy atom. The molecule has 0 aliphatic carbocycles. The lowest BCUT2D eigenvalue weighted by atomic mass is 10.1. The van der Waals surface area contributed by atoms with Crippen molar-refractivity contribution in [1.82, 2.24) is 24.9 Å². The molecule has 0 amide bonds. The quantitative estimate of drug-likeness (QED) is 0.635. The van der Waals surface area contributed by atoms with Crippen molar-refractivity contribution in [3.63, 3.8) is 0 Å². The van der Waals surface area contributed by atoms with E-state index in [1.807, 2.05) is 41.2 Å². The van der Waals surface area contributed by atoms with Crippen LogP contribution in [0.1, 0.15) is 35.7 Å². The van der Waals surface area contributed by atoms with Crippen molar-refractivity contribution in [2.75, 3.05) is 26.3 Å². The maximum atomic E-state index is 6.00. The molecular weight excluding hydrogens is 366 g/mol. The van der Waals surface area contributed by atoms with Crippen molar-refractivity contribution in [3.05, 3.63) is 65.2 Å². The monoisotopic (exact) mass is 395 g/mol. The molecule has 3 heterocycles. The molecule has 1 N–H and O–H groups in total. The molecule has 7 heteroatoms. The van der Waals surface area contributed by atoms with Crippen LogP contribution in [0.5, 0.6) is 5.75 Å². The van der Waals surface area contributed by atoms with Gasteiger partial charge in [-0.1, -0.05) is 18.2 Å². The topological polar surface area (TPSA) is 68.2 Å². The van der Waals surface area contributed by atoms with Crippen LogP contribution in [0, 0.1) is 6.92 Å². The highest BCUT2D eigenvalue weighted by molar-refractivity contribution is 5.21. The molecule has 1 aromatic carbocycles. The first-order chi connectivity index (χ1) is 14.2. The van der Waals surface area contributed by atoms with Gasteiger partial charge in [-0.15, -0.1) is 0 Å². The Balaban J connectivity index is 1.31. The van der Waals surface area contributed by atoms with Crippen molar-refractivity contribution in [2.45, 2.75) is 39.5 Å². The summed E-state index contributed by atoms with van der Waals surface area (Å²) >= 11 is 0. The first kappa shape index (κ1) is 19.7. The van der Waals surface area contributed by atoms with Crippen LogP contribution in [0.4, 0.5) is 0 Å². The number of para-hydroxylation sites is 1. The van der Waals surface area contributed by atoms with Crippen molar-refractivity contribution in [1.29, 1.82) is 0 Å². The van der Waals surface area contributed by atoms with Gasteiger partial charge in [0.1, 0.15) is 11.9 Å². The van der Waals surface area contributed by atoms with E-state index >= 15 is 0 Å². The van der Waals surface area contributed by atoms with E-state index in [0.717, 1.165) is 49.7 Å². The summed E-state index contributed by atoms with van der Waals surface area (Å²) in [5.74, 6) is 0.889. The lowest BCUT2D eigenvalue weighted by Gasteiger charge is -2.32. The largest absolute Gasteiger partial charge is 0.493 e. The van der Waals surface area contributed by atoms with Crippen LogP contribution < -0.4 is 4.74 Å². The zero-order valence-electron chi connectivity index (χ0n) is 17.2. The summed E-state index contributed by atoms with van der Waals surface area (Å²) in [7, 11) is 0. The van der Waals surface area contributed by atoms with Crippen LogP contribution in [-0.2, 0) is 24.2 Å². The number of morpholine rings is 1. The van der Waals surface area contributed by atoms with Crippen LogP contribution in [0.15, 0.2) is 42.6 Å². The third-order valence-corrected chi connectivity index (χ3v) is 5.41. The number of aromatic nitrogens is 4. The summed E-state index contributed by atoms with van der Waals surface area (Å²) in [6.07, 6.45) is 2.77. The van der Waals surface area contributed by atoms with Crippen LogP contribution in [-0.4, -0.2) is 51.2 Å². The average Bonchev–Trinajstić information content (AvgIpc) is 3.36. The third-order valence-electron chi connectivity index (χ3n) is 5.41. The van der Waals surface area contributed by atoms with Gasteiger partial charge in [0.25, 0.3) is 0 Å². The van der Waals surface area contributed by atoms with Crippen LogP contribution in [0.3, 0.4) is 0 Å². The van der Waals surface area contributed by atoms with E-state index in [-0.39, 0.29) is 6.10 Å². The van der Waals surface area contributed by atoms with Crippen LogP contribution >= 0.6 is 0 Å². The van der Waals surface area contributed by atoms with Gasteiger partial charge in [0.2, 0.25) is 0 Å². The minimum absolute atomic E-state index is 0.00896. The van der Waals surface area contributed by atoms with Gasteiger partial charge in [-0.25, -0.2) is 0 Å². The predicted molar refractivity (Wildman–Crippen MR) is 111 cm³/mol. The minimum Gasteiger partial charge on any atom is -0.493 e. The maximum Gasteiger partial charge on any atom is 0.119 e. The lowest BCUT2D eigenvalue weighted by Crippen LogP contribution is -2.38. The van der Waals surface area contributed by atoms with Crippen LogP contribution in [0.2, 0.25) is 0 Å². The third kappa shape index (κ3) is 4.86. The maximum absolute atomic E-state index is 6.00. The van der Waals surface area contributed by atoms with Gasteiger partial charge in [0.15, 0.2) is 0 Å². The van der Waals surface area contributed by atoms with E-state index in [9.17, 15) is 0 Å². The van der Waals surface area contributed by atoms with Gasteiger partial charge in [-0.3, -0.25) is 14.7 Å². The highest BCUT2D eigenvalue weighted by Crippen LogP contribution is 2.23. The Hall–Kier alpha value is -2.64. The van der Waals surface area contributed by atoms with E-state index in [1.165, 1.54) is 11.3 Å². The van der Waals surface area contributed by atoms with Gasteiger partial charge in [0, 0.05) is 49.6 Å². The Labute approximate surface area is 171 Å². The summed E-state index contributed by atoms with van der Waals surface area (Å²) in [6, 6.07) is 12.0. The standard InChI is InChI=1S/C22H29N5O2/c1-3-27-17(2)18(14-23-27)15-26-10-12-29-22(16-26)21-13-19(24-25-21)9-11-28-20-7-5-4-6-8-20/h4-8,13-14,22H,3,9-12,15-16H2,1-2H3,(H,24,25). The number of hydrogen-bond donors (Lipinski definition) is 1. The van der Waals surface area contributed by atoms with E-state index in [0.29, 0.717) is 13.2 Å². The number of nitrogens with one attached hydrogen (secondary N) is 1. The van der Waals surface area contributed by atoms with Gasteiger partial charge in [-0.05, 0) is 32.0 Å². The number of ether oxygens (including phenoxy) is 2. The number of benzene rings is 1. The molecule has 0 spiro atoms. The van der Waals surface area contributed by atoms with Crippen molar-refractivity contribution in [2.24, 2.45) is 0 Å². The van der Waals surface area contributed by atoms with Crippen molar-refractivity contribution >= 4 is 0 Å². The second kappa shape index (κ2) is 9.24. The number of nitrogens with zero attached hydrogens (tertiary/aromatic N) is 4. The van der Waals surface area contributed by atoms with Crippen molar-refractivity contribution < 1.29 is 9.47 Å². The zero-order valence-corrected chi connectivity index (χ0v) is 17.2. The SMILES string of the molecule is CCn1ncc(CN2CCOC(c3cc(CCOc4ccccc4)[nH]n3)C2)c1C. The van der Waals surface area contributed by atoms with E-state index in [1.54, 1.807) is 0 Å². The Morgan fingerprint density at radius 2 is 2.14 bits per heavy atom. The lowest BCUT2D eigenvalue weighted by molar-refractivity contribution is -0.0350. The molecule has 1 fully saturated rings. The molecule has 1 saturated heterocycles. The van der Waals surface area contributed by atoms with Gasteiger partial charge < -0.3 is 9.47 Å². The molecule has 29 heavy (non-hydrogen) atoms. The van der Waals surface area contributed by atoms with Crippen LogP contribution in [0.25, 0.3) is 0 Å². The van der Waals surface area contributed by atoms with E-state index in [4.69, 9.17) is 9.47 Å². The second-order valence-electron chi connectivity index (χ2n) is 7.40. The molecule has 2 aromatic heterocycles. The molecule has 4 rings (SSSR count). The molecule has 1 aliphatic rings. The Morgan fingerprint density at radius 3 is 2.93 bits per heavy atom. The fourth-order valence-electron chi connectivity index (χ4n) is 3.69. The zero-order chi connectivity index (χ0) is 20.1. The summed E-state index contributed by atoms with van der Waals surface area (Å²) in [5, 5.41) is 12.1. The molecule has 1 atom stereocenters. The fraction of sp³-hybridized carbons (Fsp3) is 0.455. The Kier molecular flexibility index (Phi) is 6.27. The first-order valence-electron chi connectivity index (χ1n) is 10.3. The predicted octanol–water partition coefficient (Wildman–Crippen LogP) is 3.13. The van der Waals surface area contributed by atoms with Gasteiger partial charge in [-0.2, -0.15) is 10.2 Å². The molecule has 7 nitrogen and oxygen atoms in total. The second-order valence-corrected chi connectivity index (χ2v) is 7.40. The number of H-pyrrole nitrogens is 1. The smallest absolute Gasteiger partial charge is 0.119 e. The highest BCUT2D eigenvalue weighted by atomic mass is 16.5.